The van der Waals surface area contributed by atoms with E-state index in [-0.39, 0.29) is 0 Å². The van der Waals surface area contributed by atoms with Crippen LogP contribution in [0.4, 0.5) is 0 Å². The number of thioether (sulfide) groups is 1. The molecular weight excluding hydrogens is 118 g/mol. The van der Waals surface area contributed by atoms with Crippen molar-refractivity contribution in [3.63, 3.8) is 0 Å². The molecule has 0 saturated heterocycles. The summed E-state index contributed by atoms with van der Waals surface area (Å²) >= 11 is 1.79. The molecule has 0 bridgehead atoms. The molecule has 0 aromatic rings. The van der Waals surface area contributed by atoms with Crippen molar-refractivity contribution in [2.45, 2.75) is 20.8 Å². The van der Waals surface area contributed by atoms with E-state index in [0.29, 0.717) is 0 Å². The molecule has 0 rings (SSSR count). The SMILES string of the molecule is CCS/C(C)=C(/C)N. The summed E-state index contributed by atoms with van der Waals surface area (Å²) < 4.78 is 0. The Balaban J connectivity index is 3.62. The predicted molar refractivity (Wildman–Crippen MR) is 40.7 cm³/mol. The van der Waals surface area contributed by atoms with E-state index in [4.69, 9.17) is 5.73 Å². The van der Waals surface area contributed by atoms with E-state index >= 15 is 0 Å². The van der Waals surface area contributed by atoms with Crippen LogP contribution in [0.1, 0.15) is 20.8 Å². The fourth-order valence-corrected chi connectivity index (χ4v) is 0.991. The monoisotopic (exact) mass is 131 g/mol. The maximum Gasteiger partial charge on any atom is 0.0143 e. The summed E-state index contributed by atoms with van der Waals surface area (Å²) in [7, 11) is 0. The first kappa shape index (κ1) is 7.89. The van der Waals surface area contributed by atoms with Gasteiger partial charge in [0.25, 0.3) is 0 Å². The van der Waals surface area contributed by atoms with Crippen molar-refractivity contribution in [1.82, 2.24) is 0 Å². The third-order valence-corrected chi connectivity index (χ3v) is 1.96. The lowest BCUT2D eigenvalue weighted by Gasteiger charge is -1.97. The molecule has 0 amide bonds. The van der Waals surface area contributed by atoms with Crippen LogP contribution in [0.15, 0.2) is 10.6 Å². The summed E-state index contributed by atoms with van der Waals surface area (Å²) in [6, 6.07) is 0. The molecule has 0 saturated carbocycles. The van der Waals surface area contributed by atoms with Crippen molar-refractivity contribution in [3.05, 3.63) is 10.6 Å². The van der Waals surface area contributed by atoms with Crippen molar-refractivity contribution in [3.8, 4) is 0 Å². The third kappa shape index (κ3) is 2.97. The molecule has 0 aromatic heterocycles. The summed E-state index contributed by atoms with van der Waals surface area (Å²) in [4.78, 5) is 1.24. The zero-order chi connectivity index (χ0) is 6.57. The molecule has 0 fully saturated rings. The topological polar surface area (TPSA) is 26.0 Å². The van der Waals surface area contributed by atoms with E-state index in [0.717, 1.165) is 11.4 Å². The highest BCUT2D eigenvalue weighted by Gasteiger charge is 1.88. The van der Waals surface area contributed by atoms with Crippen molar-refractivity contribution in [2.24, 2.45) is 5.73 Å². The molecular formula is C6H13NS. The molecule has 8 heavy (non-hydrogen) atoms. The molecule has 0 aliphatic heterocycles. The second kappa shape index (κ2) is 3.84. The van der Waals surface area contributed by atoms with E-state index in [1.54, 1.807) is 11.8 Å². The van der Waals surface area contributed by atoms with Gasteiger partial charge < -0.3 is 5.73 Å². The van der Waals surface area contributed by atoms with Gasteiger partial charge in [0.15, 0.2) is 0 Å². The van der Waals surface area contributed by atoms with Crippen molar-refractivity contribution in [1.29, 1.82) is 0 Å². The number of hydrogen-bond acceptors (Lipinski definition) is 2. The van der Waals surface area contributed by atoms with Crippen LogP contribution in [-0.4, -0.2) is 5.75 Å². The van der Waals surface area contributed by atoms with Crippen molar-refractivity contribution >= 4 is 11.8 Å². The molecule has 2 N–H and O–H groups in total. The van der Waals surface area contributed by atoms with Crippen LogP contribution in [0.2, 0.25) is 0 Å². The Hall–Kier alpha value is -0.110. The Kier molecular flexibility index (Phi) is 3.79. The summed E-state index contributed by atoms with van der Waals surface area (Å²) in [6.07, 6.45) is 0. The molecule has 0 aliphatic rings. The smallest absolute Gasteiger partial charge is 0.0143 e. The highest BCUT2D eigenvalue weighted by Crippen LogP contribution is 2.14. The molecule has 0 heterocycles. The molecule has 0 spiro atoms. The van der Waals surface area contributed by atoms with Gasteiger partial charge in [0.2, 0.25) is 0 Å². The van der Waals surface area contributed by atoms with Gasteiger partial charge in [-0.1, -0.05) is 6.92 Å². The fraction of sp³-hybridized carbons (Fsp3) is 0.667. The minimum Gasteiger partial charge on any atom is -0.402 e. The number of nitrogens with two attached hydrogens (primary N) is 1. The normalized spacial score (nSPS) is 13.4. The van der Waals surface area contributed by atoms with Gasteiger partial charge in [-0.05, 0) is 19.6 Å². The van der Waals surface area contributed by atoms with Crippen LogP contribution in [0.3, 0.4) is 0 Å². The van der Waals surface area contributed by atoms with Gasteiger partial charge in [0.05, 0.1) is 0 Å². The molecule has 2 heteroatoms. The van der Waals surface area contributed by atoms with E-state index < -0.39 is 0 Å². The Morgan fingerprint density at radius 1 is 1.50 bits per heavy atom. The van der Waals surface area contributed by atoms with E-state index in [1.807, 2.05) is 13.8 Å². The Bertz CT molecular complexity index is 92.7. The zero-order valence-corrected chi connectivity index (χ0v) is 6.51. The molecule has 48 valence electrons. The fourth-order valence-electron chi connectivity index (χ4n) is 0.330. The van der Waals surface area contributed by atoms with Gasteiger partial charge in [0.1, 0.15) is 0 Å². The lowest BCUT2D eigenvalue weighted by atomic mass is 10.5. The zero-order valence-electron chi connectivity index (χ0n) is 5.69. The molecule has 0 unspecified atom stereocenters. The van der Waals surface area contributed by atoms with Crippen LogP contribution in [0.25, 0.3) is 0 Å². The largest absolute Gasteiger partial charge is 0.402 e. The minimum atomic E-state index is 0.942. The summed E-state index contributed by atoms with van der Waals surface area (Å²) in [6.45, 7) is 6.10. The Morgan fingerprint density at radius 3 is 2.12 bits per heavy atom. The Morgan fingerprint density at radius 2 is 2.00 bits per heavy atom. The molecule has 0 radical (unpaired) electrons. The van der Waals surface area contributed by atoms with Crippen molar-refractivity contribution in [2.75, 3.05) is 5.75 Å². The molecule has 1 nitrogen and oxygen atoms in total. The average Bonchev–Trinajstić information content (AvgIpc) is 1.67. The first-order valence-corrected chi connectivity index (χ1v) is 3.72. The van der Waals surface area contributed by atoms with Crippen LogP contribution in [-0.2, 0) is 0 Å². The van der Waals surface area contributed by atoms with Gasteiger partial charge in [-0.3, -0.25) is 0 Å². The second-order valence-corrected chi connectivity index (χ2v) is 3.15. The minimum absolute atomic E-state index is 0.942. The lowest BCUT2D eigenvalue weighted by molar-refractivity contribution is 1.28. The van der Waals surface area contributed by atoms with Crippen molar-refractivity contribution < 1.29 is 0 Å². The van der Waals surface area contributed by atoms with E-state index in [1.165, 1.54) is 4.91 Å². The number of hydrogen-bond donors (Lipinski definition) is 1. The average molecular weight is 131 g/mol. The van der Waals surface area contributed by atoms with Crippen LogP contribution >= 0.6 is 11.8 Å². The maximum absolute atomic E-state index is 5.48. The third-order valence-electron chi connectivity index (χ3n) is 0.916. The maximum atomic E-state index is 5.48. The second-order valence-electron chi connectivity index (χ2n) is 1.67. The van der Waals surface area contributed by atoms with Gasteiger partial charge in [-0.25, -0.2) is 0 Å². The van der Waals surface area contributed by atoms with Gasteiger partial charge in [-0.2, -0.15) is 0 Å². The highest BCUT2D eigenvalue weighted by atomic mass is 32.2. The van der Waals surface area contributed by atoms with Gasteiger partial charge >= 0.3 is 0 Å². The summed E-state index contributed by atoms with van der Waals surface area (Å²) in [5.74, 6) is 1.11. The van der Waals surface area contributed by atoms with E-state index in [2.05, 4.69) is 6.92 Å². The van der Waals surface area contributed by atoms with Gasteiger partial charge in [0, 0.05) is 10.6 Å². The lowest BCUT2D eigenvalue weighted by Crippen LogP contribution is -1.92. The van der Waals surface area contributed by atoms with Crippen LogP contribution in [0.5, 0.6) is 0 Å². The first-order chi connectivity index (χ1) is 3.68. The number of allylic oxidation sites excluding steroid dienone is 2. The number of rotatable bonds is 2. The van der Waals surface area contributed by atoms with Crippen LogP contribution in [0, 0.1) is 0 Å². The highest BCUT2D eigenvalue weighted by molar-refractivity contribution is 8.03. The molecule has 0 aliphatic carbocycles. The van der Waals surface area contributed by atoms with Gasteiger partial charge in [-0.15, -0.1) is 11.8 Å². The van der Waals surface area contributed by atoms with Crippen LogP contribution < -0.4 is 5.73 Å². The molecule has 0 atom stereocenters. The molecule has 0 aromatic carbocycles. The Labute approximate surface area is 55.3 Å². The quantitative estimate of drug-likeness (QED) is 0.620. The van der Waals surface area contributed by atoms with E-state index in [9.17, 15) is 0 Å². The standard InChI is InChI=1S/C6H13NS/c1-4-8-6(3)5(2)7/h4,7H2,1-3H3/b6-5-. The summed E-state index contributed by atoms with van der Waals surface area (Å²) in [5.41, 5.74) is 6.42. The predicted octanol–water partition coefficient (Wildman–Crippen LogP) is 1.95. The first-order valence-electron chi connectivity index (χ1n) is 2.74. The summed E-state index contributed by atoms with van der Waals surface area (Å²) in [5, 5.41) is 0.